The van der Waals surface area contributed by atoms with Crippen LogP contribution < -0.4 is 4.74 Å². The van der Waals surface area contributed by atoms with Gasteiger partial charge in [-0.3, -0.25) is 4.90 Å². The summed E-state index contributed by atoms with van der Waals surface area (Å²) in [6, 6.07) is 5.90. The minimum absolute atomic E-state index is 0.703. The first-order chi connectivity index (χ1) is 9.29. The first-order valence-electron chi connectivity index (χ1n) is 7.43. The second-order valence-electron chi connectivity index (χ2n) is 4.52. The fraction of sp³-hybridized carbons (Fsp3) is 0.625. The van der Waals surface area contributed by atoms with E-state index in [4.69, 9.17) is 16.3 Å². The van der Waals surface area contributed by atoms with E-state index in [1.807, 2.05) is 39.0 Å². The summed E-state index contributed by atoms with van der Waals surface area (Å²) in [6.07, 6.45) is 3.99. The molecule has 0 unspecified atom stereocenters. The van der Waals surface area contributed by atoms with Gasteiger partial charge in [0, 0.05) is 17.1 Å². The molecule has 1 aromatic rings. The molecule has 0 N–H and O–H groups in total. The number of hydrogen-bond donors (Lipinski definition) is 0. The van der Waals surface area contributed by atoms with Gasteiger partial charge >= 0.3 is 0 Å². The topological polar surface area (TPSA) is 12.5 Å². The van der Waals surface area contributed by atoms with Crippen molar-refractivity contribution in [1.29, 1.82) is 0 Å². The average molecular weight is 284 g/mol. The Bertz CT molecular complexity index is 362. The van der Waals surface area contributed by atoms with Gasteiger partial charge in [-0.05, 0) is 51.1 Å². The first-order valence-corrected chi connectivity index (χ1v) is 7.81. The lowest BCUT2D eigenvalue weighted by Crippen LogP contribution is -2.29. The molecule has 1 saturated heterocycles. The lowest BCUT2D eigenvalue weighted by molar-refractivity contribution is 0.216. The fourth-order valence-corrected chi connectivity index (χ4v) is 2.52. The summed E-state index contributed by atoms with van der Waals surface area (Å²) in [7, 11) is 0. The van der Waals surface area contributed by atoms with Crippen LogP contribution in [0.5, 0.6) is 5.75 Å². The van der Waals surface area contributed by atoms with Gasteiger partial charge in [-0.15, -0.1) is 0 Å². The number of piperidine rings is 1. The van der Waals surface area contributed by atoms with E-state index in [-0.39, 0.29) is 0 Å². The molecule has 1 heterocycles. The van der Waals surface area contributed by atoms with Crippen molar-refractivity contribution >= 4 is 11.6 Å². The van der Waals surface area contributed by atoms with Crippen molar-refractivity contribution in [2.24, 2.45) is 0 Å². The zero-order chi connectivity index (χ0) is 14.1. The third-order valence-electron chi connectivity index (χ3n) is 3.17. The number of likely N-dealkylation sites (tertiary alicyclic amines) is 1. The molecule has 3 heteroatoms. The summed E-state index contributed by atoms with van der Waals surface area (Å²) < 4.78 is 5.65. The molecule has 1 aliphatic rings. The van der Waals surface area contributed by atoms with E-state index in [0.717, 1.165) is 17.3 Å². The summed E-state index contributed by atoms with van der Waals surface area (Å²) >= 11 is 6.06. The number of nitrogens with zero attached hydrogens (tertiary/aromatic N) is 1. The van der Waals surface area contributed by atoms with Crippen molar-refractivity contribution in [3.8, 4) is 5.75 Å². The second-order valence-corrected chi connectivity index (χ2v) is 4.96. The third-order valence-corrected chi connectivity index (χ3v) is 3.40. The molecule has 0 amide bonds. The van der Waals surface area contributed by atoms with Crippen LogP contribution in [-0.4, -0.2) is 24.6 Å². The second kappa shape index (κ2) is 9.22. The van der Waals surface area contributed by atoms with Crippen LogP contribution in [0.25, 0.3) is 0 Å². The van der Waals surface area contributed by atoms with Gasteiger partial charge in [0.05, 0.1) is 6.61 Å². The minimum atomic E-state index is 0.703. The normalized spacial score (nSPS) is 15.6. The molecule has 0 bridgehead atoms. The van der Waals surface area contributed by atoms with Crippen molar-refractivity contribution in [2.75, 3.05) is 19.7 Å². The van der Waals surface area contributed by atoms with Gasteiger partial charge < -0.3 is 4.74 Å². The number of benzene rings is 1. The van der Waals surface area contributed by atoms with E-state index in [1.165, 1.54) is 37.9 Å². The third kappa shape index (κ3) is 5.42. The zero-order valence-electron chi connectivity index (χ0n) is 12.4. The smallest absolute Gasteiger partial charge is 0.123 e. The Morgan fingerprint density at radius 2 is 1.84 bits per heavy atom. The van der Waals surface area contributed by atoms with Gasteiger partial charge in [-0.1, -0.05) is 31.9 Å². The molecule has 0 aromatic heterocycles. The maximum atomic E-state index is 6.06. The Hall–Kier alpha value is -0.730. The lowest BCUT2D eigenvalue weighted by atomic mass is 10.1. The van der Waals surface area contributed by atoms with Crippen molar-refractivity contribution in [3.05, 3.63) is 28.8 Å². The molecule has 0 atom stereocenters. The molecule has 0 aliphatic carbocycles. The zero-order valence-corrected chi connectivity index (χ0v) is 13.2. The molecular formula is C16H26ClNO. The van der Waals surface area contributed by atoms with Crippen LogP contribution in [-0.2, 0) is 6.54 Å². The Balaban J connectivity index is 0.000000861. The molecule has 0 radical (unpaired) electrons. The fourth-order valence-electron chi connectivity index (χ4n) is 2.33. The SMILES string of the molecule is CC.CCOc1ccc(Cl)cc1CN1CCCCC1. The molecule has 0 saturated carbocycles. The molecular weight excluding hydrogens is 258 g/mol. The van der Waals surface area contributed by atoms with Gasteiger partial charge in [0.15, 0.2) is 0 Å². The first kappa shape index (κ1) is 16.3. The van der Waals surface area contributed by atoms with Crippen LogP contribution in [0, 0.1) is 0 Å². The molecule has 1 aliphatic heterocycles. The van der Waals surface area contributed by atoms with E-state index in [1.54, 1.807) is 0 Å². The summed E-state index contributed by atoms with van der Waals surface area (Å²) in [5, 5.41) is 0.792. The lowest BCUT2D eigenvalue weighted by Gasteiger charge is -2.27. The average Bonchev–Trinajstić information content (AvgIpc) is 2.45. The Morgan fingerprint density at radius 3 is 2.47 bits per heavy atom. The molecule has 1 fully saturated rings. The molecule has 1 aromatic carbocycles. The van der Waals surface area contributed by atoms with Crippen LogP contribution in [0.4, 0.5) is 0 Å². The number of hydrogen-bond acceptors (Lipinski definition) is 2. The van der Waals surface area contributed by atoms with Crippen molar-refractivity contribution in [2.45, 2.75) is 46.6 Å². The van der Waals surface area contributed by atoms with E-state index in [9.17, 15) is 0 Å². The van der Waals surface area contributed by atoms with Crippen molar-refractivity contribution < 1.29 is 4.74 Å². The standard InChI is InChI=1S/C14H20ClNO.C2H6/c1-2-17-14-7-6-13(15)10-12(14)11-16-8-4-3-5-9-16;1-2/h6-7,10H,2-5,8-9,11H2,1H3;1-2H3. The van der Waals surface area contributed by atoms with E-state index < -0.39 is 0 Å². The largest absolute Gasteiger partial charge is 0.494 e. The number of ether oxygens (including phenoxy) is 1. The van der Waals surface area contributed by atoms with E-state index >= 15 is 0 Å². The summed E-state index contributed by atoms with van der Waals surface area (Å²) in [5.74, 6) is 0.975. The molecule has 0 spiro atoms. The summed E-state index contributed by atoms with van der Waals surface area (Å²) in [4.78, 5) is 2.48. The summed E-state index contributed by atoms with van der Waals surface area (Å²) in [6.45, 7) is 10.1. The van der Waals surface area contributed by atoms with Crippen LogP contribution in [0.1, 0.15) is 45.6 Å². The number of rotatable bonds is 4. The van der Waals surface area contributed by atoms with Gasteiger partial charge in [0.25, 0.3) is 0 Å². The Labute approximate surface area is 122 Å². The number of halogens is 1. The van der Waals surface area contributed by atoms with Crippen LogP contribution in [0.3, 0.4) is 0 Å². The van der Waals surface area contributed by atoms with Gasteiger partial charge in [-0.25, -0.2) is 0 Å². The minimum Gasteiger partial charge on any atom is -0.494 e. The monoisotopic (exact) mass is 283 g/mol. The molecule has 2 nitrogen and oxygen atoms in total. The maximum absolute atomic E-state index is 6.06. The summed E-state index contributed by atoms with van der Waals surface area (Å²) in [5.41, 5.74) is 1.21. The highest BCUT2D eigenvalue weighted by molar-refractivity contribution is 6.30. The van der Waals surface area contributed by atoms with Gasteiger partial charge in [0.2, 0.25) is 0 Å². The quantitative estimate of drug-likeness (QED) is 0.790. The van der Waals surface area contributed by atoms with E-state index in [2.05, 4.69) is 4.90 Å². The van der Waals surface area contributed by atoms with Gasteiger partial charge in [-0.2, -0.15) is 0 Å². The van der Waals surface area contributed by atoms with Crippen molar-refractivity contribution in [1.82, 2.24) is 4.90 Å². The van der Waals surface area contributed by atoms with E-state index in [0.29, 0.717) is 6.61 Å². The van der Waals surface area contributed by atoms with Crippen molar-refractivity contribution in [3.63, 3.8) is 0 Å². The van der Waals surface area contributed by atoms with Crippen LogP contribution in [0.15, 0.2) is 18.2 Å². The Kier molecular flexibility index (Phi) is 7.92. The van der Waals surface area contributed by atoms with Crippen LogP contribution in [0.2, 0.25) is 5.02 Å². The predicted octanol–water partition coefficient (Wildman–Crippen LogP) is 4.75. The highest BCUT2D eigenvalue weighted by atomic mass is 35.5. The van der Waals surface area contributed by atoms with Crippen LogP contribution >= 0.6 is 11.6 Å². The highest BCUT2D eigenvalue weighted by Gasteiger charge is 2.13. The molecule has 19 heavy (non-hydrogen) atoms. The maximum Gasteiger partial charge on any atom is 0.123 e. The highest BCUT2D eigenvalue weighted by Crippen LogP contribution is 2.25. The Morgan fingerprint density at radius 1 is 1.16 bits per heavy atom. The van der Waals surface area contributed by atoms with Gasteiger partial charge in [0.1, 0.15) is 5.75 Å². The molecule has 108 valence electrons. The predicted molar refractivity (Wildman–Crippen MR) is 83.1 cm³/mol. The molecule has 2 rings (SSSR count).